The highest BCUT2D eigenvalue weighted by atomic mass is 32.1. The number of carbonyl (C=O) groups excluding carboxylic acids is 2. The number of nitrogens with zero attached hydrogens (tertiary/aromatic N) is 1. The average molecular weight is 553 g/mol. The van der Waals surface area contributed by atoms with Crippen molar-refractivity contribution in [2.45, 2.75) is 50.6 Å². The molecule has 1 heterocycles. The van der Waals surface area contributed by atoms with Crippen LogP contribution in [0.2, 0.25) is 0 Å². The number of amides is 2. The summed E-state index contributed by atoms with van der Waals surface area (Å²) in [5, 5.41) is 5.17. The summed E-state index contributed by atoms with van der Waals surface area (Å²) in [6, 6.07) is 13.4. The van der Waals surface area contributed by atoms with Gasteiger partial charge in [-0.1, -0.05) is 37.5 Å². The second-order valence-corrected chi connectivity index (χ2v) is 10.4. The molecular weight excluding hydrogens is 516 g/mol. The molecule has 39 heavy (non-hydrogen) atoms. The lowest BCUT2D eigenvalue weighted by atomic mass is 9.94. The molecule has 0 saturated heterocycles. The Balaban J connectivity index is 1.88. The molecule has 0 spiro atoms. The van der Waals surface area contributed by atoms with E-state index in [1.807, 2.05) is 17.5 Å². The van der Waals surface area contributed by atoms with Crippen LogP contribution in [0.5, 0.6) is 23.0 Å². The quantitative estimate of drug-likeness (QED) is 0.336. The second kappa shape index (κ2) is 13.4. The Labute approximate surface area is 233 Å². The van der Waals surface area contributed by atoms with Gasteiger partial charge in [-0.15, -0.1) is 11.3 Å². The van der Waals surface area contributed by atoms with Gasteiger partial charge in [-0.2, -0.15) is 0 Å². The molecule has 1 atom stereocenters. The van der Waals surface area contributed by atoms with Crippen molar-refractivity contribution >= 4 is 28.8 Å². The fourth-order valence-electron chi connectivity index (χ4n) is 5.11. The number of rotatable bonds is 11. The van der Waals surface area contributed by atoms with Gasteiger partial charge < -0.3 is 24.3 Å². The topological polar surface area (TPSA) is 86.3 Å². The van der Waals surface area contributed by atoms with Crippen LogP contribution in [0.3, 0.4) is 0 Å². The number of para-hydroxylation sites is 1. The first-order valence-electron chi connectivity index (χ1n) is 13.1. The van der Waals surface area contributed by atoms with Crippen LogP contribution in [0, 0.1) is 0 Å². The van der Waals surface area contributed by atoms with Crippen LogP contribution in [-0.2, 0) is 16.0 Å². The number of methoxy groups -OCH3 is 4. The molecule has 208 valence electrons. The van der Waals surface area contributed by atoms with E-state index in [1.165, 1.54) is 30.5 Å². The van der Waals surface area contributed by atoms with Crippen molar-refractivity contribution in [2.75, 3.05) is 33.3 Å². The average Bonchev–Trinajstić information content (AvgIpc) is 3.48. The third kappa shape index (κ3) is 6.47. The summed E-state index contributed by atoms with van der Waals surface area (Å²) < 4.78 is 22.3. The van der Waals surface area contributed by atoms with Crippen LogP contribution < -0.4 is 29.2 Å². The molecule has 9 heteroatoms. The van der Waals surface area contributed by atoms with Gasteiger partial charge in [0, 0.05) is 28.2 Å². The normalized spacial score (nSPS) is 14.3. The van der Waals surface area contributed by atoms with E-state index in [1.54, 1.807) is 50.6 Å². The molecule has 4 rings (SSSR count). The Hall–Kier alpha value is -3.72. The lowest BCUT2D eigenvalue weighted by molar-refractivity contribution is -0.127. The van der Waals surface area contributed by atoms with E-state index in [-0.39, 0.29) is 24.3 Å². The molecular formula is C30H36N2O6S. The predicted molar refractivity (Wildman–Crippen MR) is 152 cm³/mol. The van der Waals surface area contributed by atoms with Crippen molar-refractivity contribution < 1.29 is 28.5 Å². The maximum absolute atomic E-state index is 14.2. The Kier molecular flexibility index (Phi) is 9.70. The number of nitrogens with one attached hydrogen (secondary N) is 1. The maximum atomic E-state index is 14.2. The predicted octanol–water partition coefficient (Wildman–Crippen LogP) is 5.55. The van der Waals surface area contributed by atoms with E-state index in [9.17, 15) is 9.59 Å². The van der Waals surface area contributed by atoms with Gasteiger partial charge in [0.25, 0.3) is 0 Å². The van der Waals surface area contributed by atoms with Gasteiger partial charge in [0.1, 0.15) is 6.04 Å². The maximum Gasteiger partial charge on any atom is 0.248 e. The van der Waals surface area contributed by atoms with Gasteiger partial charge in [0.05, 0.1) is 34.9 Å². The van der Waals surface area contributed by atoms with Crippen LogP contribution in [0.15, 0.2) is 53.9 Å². The van der Waals surface area contributed by atoms with Crippen LogP contribution in [0.4, 0.5) is 5.69 Å². The zero-order valence-electron chi connectivity index (χ0n) is 22.9. The van der Waals surface area contributed by atoms with Gasteiger partial charge in [-0.25, -0.2) is 0 Å². The second-order valence-electron chi connectivity index (χ2n) is 9.39. The van der Waals surface area contributed by atoms with Crippen LogP contribution >= 0.6 is 11.3 Å². The molecule has 8 nitrogen and oxygen atoms in total. The van der Waals surface area contributed by atoms with Gasteiger partial charge in [0.15, 0.2) is 23.0 Å². The van der Waals surface area contributed by atoms with E-state index in [0.29, 0.717) is 34.2 Å². The summed E-state index contributed by atoms with van der Waals surface area (Å²) in [5.41, 5.74) is 1.03. The highest BCUT2D eigenvalue weighted by Crippen LogP contribution is 2.41. The minimum Gasteiger partial charge on any atom is -0.493 e. The highest BCUT2D eigenvalue weighted by molar-refractivity contribution is 7.10. The molecule has 0 unspecified atom stereocenters. The van der Waals surface area contributed by atoms with Crippen molar-refractivity contribution in [3.8, 4) is 23.0 Å². The summed E-state index contributed by atoms with van der Waals surface area (Å²) >= 11 is 1.50. The fourth-order valence-corrected chi connectivity index (χ4v) is 5.81. The number of anilines is 1. The minimum absolute atomic E-state index is 0.0463. The van der Waals surface area contributed by atoms with Gasteiger partial charge in [-0.3, -0.25) is 14.5 Å². The molecule has 2 amide bonds. The molecule has 2 aromatic carbocycles. The smallest absolute Gasteiger partial charge is 0.248 e. The number of hydrogen-bond acceptors (Lipinski definition) is 7. The Morgan fingerprint density at radius 1 is 0.897 bits per heavy atom. The van der Waals surface area contributed by atoms with E-state index < -0.39 is 6.04 Å². The molecule has 1 saturated carbocycles. The third-order valence-electron chi connectivity index (χ3n) is 7.01. The Morgan fingerprint density at radius 3 is 2.28 bits per heavy atom. The molecule has 0 radical (unpaired) electrons. The van der Waals surface area contributed by atoms with Crippen LogP contribution in [0.25, 0.3) is 0 Å². The SMILES string of the molecule is COc1ccc(N(C(=O)Cc2cccs2)[C@@H](C(=O)NC2CCCCC2)c2cccc(OC)c2OC)cc1OC. The number of thiophene rings is 1. The van der Waals surface area contributed by atoms with E-state index >= 15 is 0 Å². The standard InChI is InChI=1S/C30H36N2O6S/c1-35-24-16-15-21(18-26(24)37-3)32(27(33)19-22-12-9-17-39-22)28(30(34)31-20-10-6-5-7-11-20)23-13-8-14-25(36-2)29(23)38-4/h8-9,12-18,20,28H,5-7,10-11,19H2,1-4H3,(H,31,34)/t28-/m1/s1. The number of ether oxygens (including phenoxy) is 4. The largest absolute Gasteiger partial charge is 0.493 e. The number of hydrogen-bond donors (Lipinski definition) is 1. The minimum atomic E-state index is -1.03. The van der Waals surface area contributed by atoms with E-state index in [4.69, 9.17) is 18.9 Å². The Bertz CT molecular complexity index is 1260. The van der Waals surface area contributed by atoms with E-state index in [0.717, 1.165) is 37.0 Å². The van der Waals surface area contributed by atoms with Crippen molar-refractivity contribution in [1.82, 2.24) is 5.32 Å². The van der Waals surface area contributed by atoms with Gasteiger partial charge in [0.2, 0.25) is 11.8 Å². The van der Waals surface area contributed by atoms with E-state index in [2.05, 4.69) is 5.32 Å². The van der Waals surface area contributed by atoms with Crippen LogP contribution in [-0.4, -0.2) is 46.3 Å². The monoisotopic (exact) mass is 552 g/mol. The molecule has 1 fully saturated rings. The zero-order chi connectivity index (χ0) is 27.8. The lowest BCUT2D eigenvalue weighted by Crippen LogP contribution is -2.47. The first-order valence-corrected chi connectivity index (χ1v) is 14.0. The molecule has 3 aromatic rings. The molecule has 0 bridgehead atoms. The van der Waals surface area contributed by atoms with Crippen molar-refractivity contribution in [1.29, 1.82) is 0 Å². The highest BCUT2D eigenvalue weighted by Gasteiger charge is 2.37. The van der Waals surface area contributed by atoms with Gasteiger partial charge in [-0.05, 0) is 42.5 Å². The third-order valence-corrected chi connectivity index (χ3v) is 7.88. The molecule has 1 aliphatic rings. The van der Waals surface area contributed by atoms with Gasteiger partial charge >= 0.3 is 0 Å². The summed E-state index contributed by atoms with van der Waals surface area (Å²) in [7, 11) is 6.18. The molecule has 0 aliphatic heterocycles. The number of benzene rings is 2. The van der Waals surface area contributed by atoms with Crippen LogP contribution in [0.1, 0.15) is 48.6 Å². The first kappa shape index (κ1) is 28.3. The fraction of sp³-hybridized carbons (Fsp3) is 0.400. The molecule has 1 N–H and O–H groups in total. The summed E-state index contributed by atoms with van der Waals surface area (Å²) in [5.74, 6) is 1.34. The number of carbonyl (C=O) groups is 2. The van der Waals surface area contributed by atoms with Crippen molar-refractivity contribution in [3.63, 3.8) is 0 Å². The summed E-state index contributed by atoms with van der Waals surface area (Å²) in [6.45, 7) is 0. The summed E-state index contributed by atoms with van der Waals surface area (Å²) in [4.78, 5) is 30.8. The zero-order valence-corrected chi connectivity index (χ0v) is 23.7. The first-order chi connectivity index (χ1) is 19.0. The summed E-state index contributed by atoms with van der Waals surface area (Å²) in [6.07, 6.45) is 5.24. The van der Waals surface area contributed by atoms with Crippen molar-refractivity contribution in [2.24, 2.45) is 0 Å². The lowest BCUT2D eigenvalue weighted by Gasteiger charge is -2.34. The molecule has 1 aromatic heterocycles. The van der Waals surface area contributed by atoms with Crippen molar-refractivity contribution in [3.05, 3.63) is 64.4 Å². The Morgan fingerprint density at radius 2 is 1.64 bits per heavy atom. The molecule has 1 aliphatic carbocycles.